The number of para-hydroxylation sites is 2. The van der Waals surface area contributed by atoms with Gasteiger partial charge < -0.3 is 15.0 Å². The van der Waals surface area contributed by atoms with E-state index in [-0.39, 0.29) is 22.9 Å². The zero-order valence-electron chi connectivity index (χ0n) is 23.7. The maximum Gasteiger partial charge on any atom is 0.259 e. The maximum atomic E-state index is 13.3. The van der Waals surface area contributed by atoms with Crippen molar-refractivity contribution in [3.05, 3.63) is 69.7 Å². The van der Waals surface area contributed by atoms with E-state index >= 15 is 0 Å². The predicted molar refractivity (Wildman–Crippen MR) is 175 cm³/mol. The van der Waals surface area contributed by atoms with Gasteiger partial charge in [-0.1, -0.05) is 113 Å². The molecule has 2 aromatic rings. The molecule has 0 aromatic heterocycles. The van der Waals surface area contributed by atoms with Crippen molar-refractivity contribution >= 4 is 51.9 Å². The van der Waals surface area contributed by atoms with Gasteiger partial charge in [-0.25, -0.2) is 0 Å². The van der Waals surface area contributed by atoms with Crippen LogP contribution in [-0.2, 0) is 6.54 Å². The van der Waals surface area contributed by atoms with E-state index in [4.69, 9.17) is 16.3 Å². The smallest absolute Gasteiger partial charge is 0.259 e. The first kappa shape index (κ1) is 33.6. The molecule has 4 nitrogen and oxygen atoms in total. The van der Waals surface area contributed by atoms with E-state index in [1.807, 2.05) is 18.2 Å². The summed E-state index contributed by atoms with van der Waals surface area (Å²) in [6.45, 7) is 5.71. The normalized spacial score (nSPS) is 12.7. The molecule has 1 aliphatic heterocycles. The molecule has 216 valence electrons. The molecule has 3 rings (SSSR count). The lowest BCUT2D eigenvalue weighted by molar-refractivity contribution is 0.102. The topological polar surface area (TPSA) is 41.6 Å². The Labute approximate surface area is 256 Å². The Morgan fingerprint density at radius 3 is 2.21 bits per heavy atom. The Hall–Kier alpha value is -1.63. The van der Waals surface area contributed by atoms with Gasteiger partial charge in [0.05, 0.1) is 23.1 Å². The molecule has 7 heteroatoms. The van der Waals surface area contributed by atoms with Crippen LogP contribution in [0.5, 0.6) is 5.75 Å². The van der Waals surface area contributed by atoms with Gasteiger partial charge in [0.1, 0.15) is 0 Å². The number of rotatable bonds is 18. The molecule has 1 heterocycles. The summed E-state index contributed by atoms with van der Waals surface area (Å²) in [6.07, 6.45) is 15.6. The Kier molecular flexibility index (Phi) is 16.7. The number of nitrogens with zero attached hydrogens (tertiary/aromatic N) is 1. The van der Waals surface area contributed by atoms with Gasteiger partial charge in [0, 0.05) is 17.9 Å². The lowest BCUT2D eigenvalue weighted by Gasteiger charge is -2.21. The predicted octanol–water partition coefficient (Wildman–Crippen LogP) is 10.6. The molecule has 2 aromatic carbocycles. The van der Waals surface area contributed by atoms with E-state index in [1.165, 1.54) is 69.9 Å². The highest BCUT2D eigenvalue weighted by molar-refractivity contribution is 8.93. The van der Waals surface area contributed by atoms with Crippen LogP contribution < -0.4 is 10.1 Å². The monoisotopic (exact) mass is 636 g/mol. The van der Waals surface area contributed by atoms with Crippen molar-refractivity contribution in [2.24, 2.45) is 0 Å². The Balaban J connectivity index is 0.00000533. The standard InChI is InChI=1S/C32H45ClN2O2S.BrH/c1-3-4-5-6-7-8-9-10-11-12-13-16-22-37-31-28(19-17-20-29(31)33)32(36)34-30-21-15-14-18-27(30)23-35-25-38-24-26(35)2;/h14-15,17-21,24H,3-13,16,22-23,25H2,1-2H3,(H,34,36);1H. The van der Waals surface area contributed by atoms with Crippen LogP contribution in [0.1, 0.15) is 107 Å². The molecule has 0 saturated carbocycles. The zero-order chi connectivity index (χ0) is 27.0. The van der Waals surface area contributed by atoms with Crippen molar-refractivity contribution in [3.8, 4) is 5.75 Å². The number of allylic oxidation sites excluding steroid dienone is 1. The van der Waals surface area contributed by atoms with Crippen molar-refractivity contribution in [1.29, 1.82) is 0 Å². The molecule has 0 radical (unpaired) electrons. The van der Waals surface area contributed by atoms with Crippen LogP contribution in [0.3, 0.4) is 0 Å². The average molecular weight is 638 g/mol. The largest absolute Gasteiger partial charge is 0.491 e. The molecular formula is C32H46BrClN2O2S. The molecule has 0 saturated heterocycles. The van der Waals surface area contributed by atoms with E-state index in [1.54, 1.807) is 30.0 Å². The van der Waals surface area contributed by atoms with Crippen LogP contribution in [0.15, 0.2) is 53.6 Å². The summed E-state index contributed by atoms with van der Waals surface area (Å²) in [5, 5.41) is 5.75. The van der Waals surface area contributed by atoms with Crippen molar-refractivity contribution < 1.29 is 9.53 Å². The van der Waals surface area contributed by atoms with Crippen LogP contribution in [0.25, 0.3) is 0 Å². The molecule has 1 N–H and O–H groups in total. The molecule has 39 heavy (non-hydrogen) atoms. The molecule has 1 aliphatic rings. The molecule has 0 fully saturated rings. The van der Waals surface area contributed by atoms with Gasteiger partial charge in [-0.3, -0.25) is 4.79 Å². The van der Waals surface area contributed by atoms with E-state index in [0.29, 0.717) is 22.9 Å². The molecule has 0 atom stereocenters. The fraction of sp³-hybridized carbons (Fsp3) is 0.531. The van der Waals surface area contributed by atoms with Crippen LogP contribution >= 0.6 is 40.3 Å². The first-order chi connectivity index (χ1) is 18.6. The third-order valence-electron chi connectivity index (χ3n) is 7.07. The first-order valence-electron chi connectivity index (χ1n) is 14.4. The lowest BCUT2D eigenvalue weighted by atomic mass is 10.1. The second-order valence-electron chi connectivity index (χ2n) is 10.2. The third-order valence-corrected chi connectivity index (χ3v) is 8.33. The Morgan fingerprint density at radius 2 is 1.56 bits per heavy atom. The number of nitrogens with one attached hydrogen (secondary N) is 1. The summed E-state index contributed by atoms with van der Waals surface area (Å²) >= 11 is 8.26. The van der Waals surface area contributed by atoms with Gasteiger partial charge >= 0.3 is 0 Å². The lowest BCUT2D eigenvalue weighted by Crippen LogP contribution is -2.20. The minimum absolute atomic E-state index is 0. The van der Waals surface area contributed by atoms with Gasteiger partial charge in [0.2, 0.25) is 0 Å². The number of thioether (sulfide) groups is 1. The highest BCUT2D eigenvalue weighted by Crippen LogP contribution is 2.31. The van der Waals surface area contributed by atoms with Crippen molar-refractivity contribution in [2.45, 2.75) is 97.4 Å². The molecular weight excluding hydrogens is 592 g/mol. The quantitative estimate of drug-likeness (QED) is 0.165. The Bertz CT molecular complexity index is 1030. The second kappa shape index (κ2) is 19.4. The number of anilines is 1. The molecule has 0 spiro atoms. The highest BCUT2D eigenvalue weighted by Gasteiger charge is 2.18. The number of hydrogen-bond donors (Lipinski definition) is 1. The number of benzene rings is 2. The van der Waals surface area contributed by atoms with Gasteiger partial charge in [-0.2, -0.15) is 0 Å². The second-order valence-corrected chi connectivity index (χ2v) is 11.5. The summed E-state index contributed by atoms with van der Waals surface area (Å²) < 4.78 is 6.06. The summed E-state index contributed by atoms with van der Waals surface area (Å²) in [6, 6.07) is 13.3. The number of amides is 1. The summed E-state index contributed by atoms with van der Waals surface area (Å²) in [5.74, 6) is 1.20. The van der Waals surface area contributed by atoms with Gasteiger partial charge in [-0.05, 0) is 42.5 Å². The van der Waals surface area contributed by atoms with Crippen molar-refractivity contribution in [3.63, 3.8) is 0 Å². The van der Waals surface area contributed by atoms with Crippen LogP contribution in [-0.4, -0.2) is 23.3 Å². The fourth-order valence-electron chi connectivity index (χ4n) is 4.72. The first-order valence-corrected chi connectivity index (χ1v) is 15.9. The van der Waals surface area contributed by atoms with E-state index < -0.39 is 0 Å². The Morgan fingerprint density at radius 1 is 0.923 bits per heavy atom. The SMILES string of the molecule is Br.CCCCCCCCCCCCCCOc1c(Cl)cccc1C(=O)Nc1ccccc1CN1CSC=C1C. The zero-order valence-corrected chi connectivity index (χ0v) is 27.0. The number of halogens is 2. The van der Waals surface area contributed by atoms with Crippen LogP contribution in [0.4, 0.5) is 5.69 Å². The van der Waals surface area contributed by atoms with Crippen molar-refractivity contribution in [2.75, 3.05) is 17.8 Å². The molecule has 0 bridgehead atoms. The number of unbranched alkanes of at least 4 members (excludes halogenated alkanes) is 11. The van der Waals surface area contributed by atoms with Crippen LogP contribution in [0, 0.1) is 0 Å². The van der Waals surface area contributed by atoms with Gasteiger partial charge in [0.15, 0.2) is 5.75 Å². The van der Waals surface area contributed by atoms with Crippen molar-refractivity contribution in [1.82, 2.24) is 4.90 Å². The minimum atomic E-state index is -0.201. The van der Waals surface area contributed by atoms with Gasteiger partial charge in [-0.15, -0.1) is 28.7 Å². The molecule has 1 amide bonds. The molecule has 0 unspecified atom stereocenters. The average Bonchev–Trinajstić information content (AvgIpc) is 3.32. The molecule has 0 aliphatic carbocycles. The van der Waals surface area contributed by atoms with E-state index in [2.05, 4.69) is 35.5 Å². The van der Waals surface area contributed by atoms with E-state index in [0.717, 1.165) is 36.5 Å². The number of carbonyl (C=O) groups is 1. The number of hydrogen-bond acceptors (Lipinski definition) is 4. The number of ether oxygens (including phenoxy) is 1. The highest BCUT2D eigenvalue weighted by atomic mass is 79.9. The van der Waals surface area contributed by atoms with Crippen LogP contribution in [0.2, 0.25) is 5.02 Å². The summed E-state index contributed by atoms with van der Waals surface area (Å²) in [4.78, 5) is 15.6. The summed E-state index contributed by atoms with van der Waals surface area (Å²) in [7, 11) is 0. The fourth-order valence-corrected chi connectivity index (χ4v) is 5.89. The number of carbonyl (C=O) groups excluding carboxylic acids is 1. The minimum Gasteiger partial charge on any atom is -0.491 e. The van der Waals surface area contributed by atoms with Gasteiger partial charge in [0.25, 0.3) is 5.91 Å². The van der Waals surface area contributed by atoms with E-state index in [9.17, 15) is 4.79 Å². The third kappa shape index (κ3) is 11.8. The maximum absolute atomic E-state index is 13.3. The summed E-state index contributed by atoms with van der Waals surface area (Å²) in [5.41, 5.74) is 3.62.